The molecule has 0 saturated carbocycles. The summed E-state index contributed by atoms with van der Waals surface area (Å²) >= 11 is 1.59. The van der Waals surface area contributed by atoms with Crippen LogP contribution in [0, 0.1) is 6.92 Å². The van der Waals surface area contributed by atoms with Gasteiger partial charge in [-0.25, -0.2) is 9.97 Å². The highest BCUT2D eigenvalue weighted by molar-refractivity contribution is 7.17. The third-order valence-electron chi connectivity index (χ3n) is 3.65. The number of nitrogens with zero attached hydrogens (tertiary/aromatic N) is 3. The van der Waals surface area contributed by atoms with E-state index in [0.717, 1.165) is 27.2 Å². The maximum absolute atomic E-state index is 9.34. The molecule has 120 valence electrons. The minimum atomic E-state index is 0.00928. The fraction of sp³-hybridized carbons (Fsp3) is 0.294. The summed E-state index contributed by atoms with van der Waals surface area (Å²) in [5.41, 5.74) is 2.20. The molecule has 2 heterocycles. The molecule has 0 aliphatic heterocycles. The number of thiophene rings is 1. The third kappa shape index (κ3) is 3.19. The summed E-state index contributed by atoms with van der Waals surface area (Å²) in [6, 6.07) is 10.1. The quantitative estimate of drug-likeness (QED) is 0.727. The number of anilines is 1. The van der Waals surface area contributed by atoms with E-state index in [1.165, 1.54) is 0 Å². The first-order valence-electron chi connectivity index (χ1n) is 7.52. The predicted octanol–water partition coefficient (Wildman–Crippen LogP) is 2.46. The van der Waals surface area contributed by atoms with Crippen LogP contribution in [0.3, 0.4) is 0 Å². The van der Waals surface area contributed by atoms with Gasteiger partial charge in [0.25, 0.3) is 0 Å². The smallest absolute Gasteiger partial charge is 0.141 e. The Balaban J connectivity index is 2.21. The molecule has 6 heteroatoms. The molecule has 3 rings (SSSR count). The summed E-state index contributed by atoms with van der Waals surface area (Å²) in [7, 11) is 0. The Hall–Kier alpha value is -2.02. The lowest BCUT2D eigenvalue weighted by atomic mass is 10.1. The summed E-state index contributed by atoms with van der Waals surface area (Å²) in [6.45, 7) is 2.73. The second kappa shape index (κ2) is 7.04. The van der Waals surface area contributed by atoms with E-state index in [2.05, 4.69) is 27.5 Å². The van der Waals surface area contributed by atoms with E-state index >= 15 is 0 Å². The molecule has 2 aromatic heterocycles. The van der Waals surface area contributed by atoms with Gasteiger partial charge in [0.1, 0.15) is 16.5 Å². The second-order valence-corrected chi connectivity index (χ2v) is 6.08. The molecule has 0 spiro atoms. The lowest BCUT2D eigenvalue weighted by Crippen LogP contribution is -2.30. The van der Waals surface area contributed by atoms with Crippen LogP contribution in [0.1, 0.15) is 5.82 Å². The number of rotatable bonds is 6. The van der Waals surface area contributed by atoms with Gasteiger partial charge in [0.15, 0.2) is 0 Å². The number of aliphatic hydroxyl groups excluding tert-OH is 2. The molecule has 5 nitrogen and oxygen atoms in total. The molecule has 0 saturated heterocycles. The van der Waals surface area contributed by atoms with Gasteiger partial charge in [0, 0.05) is 24.0 Å². The monoisotopic (exact) mass is 329 g/mol. The summed E-state index contributed by atoms with van der Waals surface area (Å²) < 4.78 is 0. The summed E-state index contributed by atoms with van der Waals surface area (Å²) in [6.07, 6.45) is 0. The predicted molar refractivity (Wildman–Crippen MR) is 94.0 cm³/mol. The van der Waals surface area contributed by atoms with Crippen molar-refractivity contribution in [3.8, 4) is 11.1 Å². The van der Waals surface area contributed by atoms with Crippen molar-refractivity contribution >= 4 is 27.4 Å². The van der Waals surface area contributed by atoms with Crippen LogP contribution < -0.4 is 4.90 Å². The first-order chi connectivity index (χ1) is 11.2. The van der Waals surface area contributed by atoms with Gasteiger partial charge in [-0.3, -0.25) is 0 Å². The van der Waals surface area contributed by atoms with Crippen LogP contribution >= 0.6 is 11.3 Å². The first-order valence-corrected chi connectivity index (χ1v) is 8.40. The van der Waals surface area contributed by atoms with Gasteiger partial charge in [-0.1, -0.05) is 30.3 Å². The number of hydrogen-bond donors (Lipinski definition) is 2. The minimum Gasteiger partial charge on any atom is -0.395 e. The molecule has 0 fully saturated rings. The van der Waals surface area contributed by atoms with Crippen molar-refractivity contribution in [2.45, 2.75) is 6.92 Å². The van der Waals surface area contributed by atoms with Crippen LogP contribution in [0.25, 0.3) is 21.3 Å². The van der Waals surface area contributed by atoms with E-state index in [1.54, 1.807) is 11.3 Å². The highest BCUT2D eigenvalue weighted by atomic mass is 32.1. The molecule has 0 amide bonds. The Morgan fingerprint density at radius 1 is 1.04 bits per heavy atom. The number of benzene rings is 1. The fourth-order valence-corrected chi connectivity index (χ4v) is 3.64. The number of aromatic nitrogens is 2. The number of fused-ring (bicyclic) bond motifs is 1. The normalized spacial score (nSPS) is 11.1. The van der Waals surface area contributed by atoms with Crippen LogP contribution in [0.2, 0.25) is 0 Å². The molecule has 3 aromatic rings. The van der Waals surface area contributed by atoms with Crippen molar-refractivity contribution < 1.29 is 10.2 Å². The van der Waals surface area contributed by atoms with Gasteiger partial charge in [-0.2, -0.15) is 0 Å². The van der Waals surface area contributed by atoms with E-state index in [1.807, 2.05) is 30.0 Å². The molecule has 1 aromatic carbocycles. The maximum atomic E-state index is 9.34. The average molecular weight is 329 g/mol. The van der Waals surface area contributed by atoms with Gasteiger partial charge >= 0.3 is 0 Å². The molecule has 0 bridgehead atoms. The minimum absolute atomic E-state index is 0.00928. The first kappa shape index (κ1) is 15.9. The van der Waals surface area contributed by atoms with Crippen molar-refractivity contribution in [2.75, 3.05) is 31.2 Å². The van der Waals surface area contributed by atoms with Gasteiger partial charge in [-0.15, -0.1) is 11.3 Å². The lowest BCUT2D eigenvalue weighted by Gasteiger charge is -2.23. The van der Waals surface area contributed by atoms with Crippen LogP contribution in [0.15, 0.2) is 35.7 Å². The summed E-state index contributed by atoms with van der Waals surface area (Å²) in [5.74, 6) is 1.46. The highest BCUT2D eigenvalue weighted by Gasteiger charge is 2.18. The van der Waals surface area contributed by atoms with E-state index in [4.69, 9.17) is 0 Å². The fourth-order valence-electron chi connectivity index (χ4n) is 2.65. The summed E-state index contributed by atoms with van der Waals surface area (Å²) in [5, 5.41) is 21.7. The SMILES string of the molecule is Cc1nc(N(CCO)CCO)c2c(-c3ccccc3)csc2n1. The molecule has 0 aliphatic rings. The maximum Gasteiger partial charge on any atom is 0.141 e. The molecule has 0 atom stereocenters. The number of aliphatic hydroxyl groups is 2. The number of aryl methyl sites for hydroxylation is 1. The van der Waals surface area contributed by atoms with Crippen molar-refractivity contribution in [1.82, 2.24) is 9.97 Å². The van der Waals surface area contributed by atoms with E-state index in [-0.39, 0.29) is 13.2 Å². The zero-order valence-electron chi connectivity index (χ0n) is 12.9. The Morgan fingerprint density at radius 2 is 1.74 bits per heavy atom. The van der Waals surface area contributed by atoms with Crippen molar-refractivity contribution in [1.29, 1.82) is 0 Å². The van der Waals surface area contributed by atoms with Crippen molar-refractivity contribution in [3.05, 3.63) is 41.5 Å². The Kier molecular flexibility index (Phi) is 4.85. The van der Waals surface area contributed by atoms with Crippen molar-refractivity contribution in [3.63, 3.8) is 0 Å². The molecule has 23 heavy (non-hydrogen) atoms. The molecular formula is C17H19N3O2S. The molecule has 0 unspecified atom stereocenters. The van der Waals surface area contributed by atoms with Crippen LogP contribution in [-0.2, 0) is 0 Å². The molecule has 0 radical (unpaired) electrons. The molecule has 0 aliphatic carbocycles. The van der Waals surface area contributed by atoms with Gasteiger partial charge in [-0.05, 0) is 12.5 Å². The summed E-state index contributed by atoms with van der Waals surface area (Å²) in [4.78, 5) is 12.0. The lowest BCUT2D eigenvalue weighted by molar-refractivity contribution is 0.281. The van der Waals surface area contributed by atoms with Crippen LogP contribution in [0.4, 0.5) is 5.82 Å². The van der Waals surface area contributed by atoms with Gasteiger partial charge in [0.05, 0.1) is 18.6 Å². The Morgan fingerprint density at radius 3 is 2.39 bits per heavy atom. The van der Waals surface area contributed by atoms with E-state index in [9.17, 15) is 10.2 Å². The van der Waals surface area contributed by atoms with E-state index < -0.39 is 0 Å². The molecule has 2 N–H and O–H groups in total. The van der Waals surface area contributed by atoms with Gasteiger partial charge in [0.2, 0.25) is 0 Å². The third-order valence-corrected chi connectivity index (χ3v) is 4.52. The average Bonchev–Trinajstić information content (AvgIpc) is 2.98. The van der Waals surface area contributed by atoms with E-state index in [0.29, 0.717) is 18.9 Å². The highest BCUT2D eigenvalue weighted by Crippen LogP contribution is 2.38. The van der Waals surface area contributed by atoms with Gasteiger partial charge < -0.3 is 15.1 Å². The zero-order chi connectivity index (χ0) is 16.2. The second-order valence-electron chi connectivity index (χ2n) is 5.22. The topological polar surface area (TPSA) is 69.5 Å². The van der Waals surface area contributed by atoms with Crippen LogP contribution in [0.5, 0.6) is 0 Å². The molecular weight excluding hydrogens is 310 g/mol. The zero-order valence-corrected chi connectivity index (χ0v) is 13.8. The van der Waals surface area contributed by atoms with Crippen molar-refractivity contribution in [2.24, 2.45) is 0 Å². The Labute approximate surface area is 138 Å². The number of hydrogen-bond acceptors (Lipinski definition) is 6. The Bertz CT molecular complexity index is 783. The standard InChI is InChI=1S/C17H19N3O2S/c1-12-18-16(20(7-9-21)8-10-22)15-14(11-23-17(15)19-12)13-5-3-2-4-6-13/h2-6,11,21-22H,7-10H2,1H3. The van der Waals surface area contributed by atoms with Crippen LogP contribution in [-0.4, -0.2) is 46.5 Å². The largest absolute Gasteiger partial charge is 0.395 e.